The standard InChI is InChI=1S/C22H15N4.Mg/c1-7-20-21-8-6-18(25-21)11-16-3-2-14(23-16)10-15-4-5-17(24-15)12-19-9-13(1)22(20)26-19;/h2-6,8-12,25H,1,7H2;/q-1;+2/p+2. The molecule has 5 heteroatoms. The molecule has 3 N–H and O–H groups in total. The van der Waals surface area contributed by atoms with E-state index in [-0.39, 0.29) is 23.1 Å². The number of nitrogens with zero attached hydrogens (tertiary/aromatic N) is 1. The first-order chi connectivity index (χ1) is 12.8. The first-order valence-corrected chi connectivity index (χ1v) is 8.95. The Morgan fingerprint density at radius 3 is 2.44 bits per heavy atom. The third-order valence-electron chi connectivity index (χ3n) is 5.23. The van der Waals surface area contributed by atoms with Crippen molar-refractivity contribution in [1.82, 2.24) is 9.97 Å². The Kier molecular flexibility index (Phi) is 3.81. The van der Waals surface area contributed by atoms with Crippen LogP contribution in [0.2, 0.25) is 0 Å². The van der Waals surface area contributed by atoms with Crippen molar-refractivity contribution in [3.8, 4) is 0 Å². The van der Waals surface area contributed by atoms with E-state index in [1.165, 1.54) is 22.3 Å². The summed E-state index contributed by atoms with van der Waals surface area (Å²) in [7, 11) is 0. The van der Waals surface area contributed by atoms with E-state index in [0.717, 1.165) is 46.5 Å². The fourth-order valence-electron chi connectivity index (χ4n) is 4.03. The summed E-state index contributed by atoms with van der Waals surface area (Å²) in [5, 5.41) is 0. The van der Waals surface area contributed by atoms with Gasteiger partial charge in [0.25, 0.3) is 0 Å². The predicted octanol–water partition coefficient (Wildman–Crippen LogP) is 3.06. The molecular weight excluding hydrogens is 345 g/mol. The smallest absolute Gasteiger partial charge is 0.657 e. The molecule has 3 aromatic rings. The van der Waals surface area contributed by atoms with Crippen molar-refractivity contribution in [3.05, 3.63) is 70.8 Å². The predicted molar refractivity (Wildman–Crippen MR) is 108 cm³/mol. The van der Waals surface area contributed by atoms with Crippen LogP contribution in [-0.4, -0.2) is 28.0 Å². The van der Waals surface area contributed by atoms with Gasteiger partial charge in [-0.15, -0.1) is 11.0 Å². The number of hydrogen-bond donors (Lipinski definition) is 1. The Morgan fingerprint density at radius 1 is 0.815 bits per heavy atom. The molecular formula is C22H17MgN4+3. The molecule has 2 aliphatic heterocycles. The van der Waals surface area contributed by atoms with E-state index in [1.54, 1.807) is 0 Å². The van der Waals surface area contributed by atoms with Crippen molar-refractivity contribution in [2.24, 2.45) is 0 Å². The quantitative estimate of drug-likeness (QED) is 0.481. The molecule has 8 bridgehead atoms. The molecule has 6 rings (SSSR count). The van der Waals surface area contributed by atoms with Crippen molar-refractivity contribution >= 4 is 68.9 Å². The van der Waals surface area contributed by atoms with Gasteiger partial charge in [0.2, 0.25) is 22.8 Å². The van der Waals surface area contributed by atoms with Gasteiger partial charge in [-0.3, -0.25) is 0 Å². The van der Waals surface area contributed by atoms with Crippen LogP contribution in [0.25, 0.3) is 45.9 Å². The van der Waals surface area contributed by atoms with Gasteiger partial charge in [0, 0.05) is 46.5 Å². The van der Waals surface area contributed by atoms with E-state index >= 15 is 0 Å². The van der Waals surface area contributed by atoms with E-state index in [0.29, 0.717) is 0 Å². The molecule has 0 spiro atoms. The molecule has 124 valence electrons. The van der Waals surface area contributed by atoms with Crippen molar-refractivity contribution in [2.75, 3.05) is 0 Å². The summed E-state index contributed by atoms with van der Waals surface area (Å²) in [5.74, 6) is 0. The van der Waals surface area contributed by atoms with Crippen LogP contribution in [-0.2, 0) is 6.42 Å². The van der Waals surface area contributed by atoms with Crippen LogP contribution in [0.1, 0.15) is 34.8 Å². The van der Waals surface area contributed by atoms with Crippen LogP contribution >= 0.6 is 0 Å². The average molecular weight is 362 g/mol. The van der Waals surface area contributed by atoms with Crippen LogP contribution in [0.5, 0.6) is 0 Å². The minimum Gasteiger partial charge on any atom is -0.657 e. The van der Waals surface area contributed by atoms with Gasteiger partial charge in [-0.2, -0.15) is 0 Å². The summed E-state index contributed by atoms with van der Waals surface area (Å²) in [5.41, 5.74) is 11.5. The zero-order valence-electron chi connectivity index (χ0n) is 14.8. The minimum absolute atomic E-state index is 0. The van der Waals surface area contributed by atoms with Gasteiger partial charge in [-0.25, -0.2) is 9.97 Å². The molecule has 3 aromatic heterocycles. The van der Waals surface area contributed by atoms with E-state index in [1.807, 2.05) is 0 Å². The number of aryl methyl sites for hydroxylation is 1. The second-order valence-electron chi connectivity index (χ2n) is 7.03. The number of allylic oxidation sites excluding steroid dienone is 1. The minimum atomic E-state index is 0. The van der Waals surface area contributed by atoms with Gasteiger partial charge in [-0.05, 0) is 37.1 Å². The zero-order valence-corrected chi connectivity index (χ0v) is 16.3. The van der Waals surface area contributed by atoms with Crippen LogP contribution in [0.3, 0.4) is 0 Å². The largest absolute Gasteiger partial charge is 2.00 e. The van der Waals surface area contributed by atoms with Gasteiger partial charge < -0.3 is 9.97 Å². The number of nitrogens with one attached hydrogen (secondary N) is 3. The van der Waals surface area contributed by atoms with E-state index < -0.39 is 0 Å². The van der Waals surface area contributed by atoms with Crippen LogP contribution in [0.4, 0.5) is 0 Å². The second kappa shape index (κ2) is 6.22. The van der Waals surface area contributed by atoms with Gasteiger partial charge in [0.05, 0.1) is 0 Å². The van der Waals surface area contributed by atoms with Crippen molar-refractivity contribution in [2.45, 2.75) is 12.8 Å². The summed E-state index contributed by atoms with van der Waals surface area (Å²) in [4.78, 5) is 15.3. The normalized spacial score (nSPS) is 14.1. The molecule has 27 heavy (non-hydrogen) atoms. The fourth-order valence-corrected chi connectivity index (χ4v) is 4.03. The van der Waals surface area contributed by atoms with E-state index in [4.69, 9.17) is 4.98 Å². The summed E-state index contributed by atoms with van der Waals surface area (Å²) in [6.07, 6.45) is 8.59. The van der Waals surface area contributed by atoms with E-state index in [9.17, 15) is 0 Å². The molecule has 0 aromatic carbocycles. The Hall–Kier alpha value is -2.63. The number of H-pyrrole nitrogens is 3. The monoisotopic (exact) mass is 361 g/mol. The Labute approximate surface area is 172 Å². The first-order valence-electron chi connectivity index (χ1n) is 8.95. The van der Waals surface area contributed by atoms with Crippen LogP contribution < -0.4 is 15.0 Å². The van der Waals surface area contributed by atoms with Crippen molar-refractivity contribution in [1.29, 1.82) is 0 Å². The molecule has 1 aliphatic carbocycles. The molecule has 0 radical (unpaired) electrons. The molecule has 0 amide bonds. The molecule has 0 fully saturated rings. The first kappa shape index (κ1) is 16.5. The number of hydrogen-bond acceptors (Lipinski definition) is 0. The van der Waals surface area contributed by atoms with Gasteiger partial charge >= 0.3 is 23.1 Å². The average Bonchev–Trinajstić information content (AvgIpc) is 3.38. The Bertz CT molecular complexity index is 1290. The maximum atomic E-state index is 4.71. The summed E-state index contributed by atoms with van der Waals surface area (Å²) in [6, 6.07) is 14.8. The maximum Gasteiger partial charge on any atom is 2.00 e. The Morgan fingerprint density at radius 2 is 1.59 bits per heavy atom. The second-order valence-corrected chi connectivity index (χ2v) is 7.03. The van der Waals surface area contributed by atoms with Gasteiger partial charge in [0.1, 0.15) is 0 Å². The molecule has 0 unspecified atom stereocenters. The third kappa shape index (κ3) is 2.83. The number of aromatic nitrogens is 4. The summed E-state index contributed by atoms with van der Waals surface area (Å²) < 4.78 is 0. The van der Waals surface area contributed by atoms with E-state index in [2.05, 4.69) is 75.6 Å². The van der Waals surface area contributed by atoms with Crippen LogP contribution in [0.15, 0.2) is 42.5 Å². The Balaban J connectivity index is 0.00000160. The third-order valence-corrected chi connectivity index (χ3v) is 5.23. The maximum absolute atomic E-state index is 4.71. The molecule has 5 heterocycles. The fraction of sp³-hybridized carbons (Fsp3) is 0.0909. The molecule has 0 saturated heterocycles. The topological polar surface area (TPSA) is 58.2 Å². The van der Waals surface area contributed by atoms with Crippen LogP contribution in [0, 0.1) is 0 Å². The van der Waals surface area contributed by atoms with Crippen molar-refractivity contribution < 1.29 is 9.97 Å². The molecule has 4 nitrogen and oxygen atoms in total. The molecule has 3 aliphatic rings. The number of rotatable bonds is 0. The molecule has 0 atom stereocenters. The summed E-state index contributed by atoms with van der Waals surface area (Å²) >= 11 is 0. The zero-order chi connectivity index (χ0) is 17.1. The number of fused-ring (bicyclic) bond motifs is 8. The van der Waals surface area contributed by atoms with Gasteiger partial charge in [-0.1, -0.05) is 12.1 Å². The number of aromatic amines is 3. The van der Waals surface area contributed by atoms with Crippen molar-refractivity contribution in [3.63, 3.8) is 0 Å². The molecule has 0 saturated carbocycles. The summed E-state index contributed by atoms with van der Waals surface area (Å²) in [6.45, 7) is 0. The SMILES string of the molecule is C1=Cc2cc3ccc([nH]3)c3c4[nH+]c(cc5ccc(cc1[nH+]2)[n-]5)C=C4CC3.[Mg+2]. The van der Waals surface area contributed by atoms with Gasteiger partial charge in [0.15, 0.2) is 0 Å².